The van der Waals surface area contributed by atoms with Gasteiger partial charge in [-0.1, -0.05) is 60.6 Å². The van der Waals surface area contributed by atoms with Gasteiger partial charge in [-0.05, 0) is 136 Å². The molecule has 0 bridgehead atoms. The SMILES string of the molecule is C=C(C)C1CCC2(C(=O)O)CCC3(C)C(CCC4C5(C)CCC(OC(=O)C6CC(C(C)(F)F)C6(C)C)C(C)(C)C5CCC43C)C12. The van der Waals surface area contributed by atoms with Gasteiger partial charge in [0.1, 0.15) is 6.10 Å². The van der Waals surface area contributed by atoms with Crippen molar-refractivity contribution in [3.8, 4) is 0 Å². The normalized spacial score (nSPS) is 49.8. The number of allylic oxidation sites excluding steroid dienone is 1. The maximum Gasteiger partial charge on any atom is 0.309 e. The Bertz CT molecular complexity index is 1270. The van der Waals surface area contributed by atoms with Crippen molar-refractivity contribution in [3.05, 3.63) is 12.2 Å². The van der Waals surface area contributed by atoms with Crippen molar-refractivity contribution in [2.75, 3.05) is 0 Å². The number of carbonyl (C=O) groups excluding carboxylic acids is 1. The molecule has 0 aromatic heterocycles. The van der Waals surface area contributed by atoms with Crippen LogP contribution in [0.3, 0.4) is 0 Å². The van der Waals surface area contributed by atoms with Crippen molar-refractivity contribution in [2.24, 2.45) is 73.9 Å². The number of carbonyl (C=O) groups is 2. The molecule has 0 radical (unpaired) electrons. The molecule has 12 atom stereocenters. The van der Waals surface area contributed by atoms with Crippen LogP contribution in [0.1, 0.15) is 133 Å². The number of alkyl halides is 2. The van der Waals surface area contributed by atoms with Crippen molar-refractivity contribution in [3.63, 3.8) is 0 Å². The number of halogens is 2. The van der Waals surface area contributed by atoms with Gasteiger partial charge in [0.25, 0.3) is 0 Å². The number of rotatable bonds is 5. The number of carboxylic acids is 1. The Kier molecular flexibility index (Phi) is 7.46. The van der Waals surface area contributed by atoms with E-state index in [1.54, 1.807) is 13.8 Å². The van der Waals surface area contributed by atoms with Crippen LogP contribution in [0.4, 0.5) is 8.78 Å². The van der Waals surface area contributed by atoms with Crippen molar-refractivity contribution < 1.29 is 28.2 Å². The molecule has 12 unspecified atom stereocenters. The van der Waals surface area contributed by atoms with Gasteiger partial charge in [0, 0.05) is 11.3 Å². The van der Waals surface area contributed by atoms with Gasteiger partial charge in [-0.2, -0.15) is 0 Å². The lowest BCUT2D eigenvalue weighted by atomic mass is 9.32. The van der Waals surface area contributed by atoms with Gasteiger partial charge in [0.2, 0.25) is 5.92 Å². The maximum atomic E-state index is 14.2. The van der Waals surface area contributed by atoms with Gasteiger partial charge in [-0.25, -0.2) is 8.78 Å². The molecule has 4 nitrogen and oxygen atoms in total. The third kappa shape index (κ3) is 4.30. The van der Waals surface area contributed by atoms with E-state index in [9.17, 15) is 23.5 Å². The fourth-order valence-corrected chi connectivity index (χ4v) is 14.1. The number of aliphatic carboxylic acids is 1. The van der Waals surface area contributed by atoms with Crippen LogP contribution in [0.25, 0.3) is 0 Å². The zero-order valence-corrected chi connectivity index (χ0v) is 29.5. The van der Waals surface area contributed by atoms with Gasteiger partial charge < -0.3 is 9.84 Å². The Morgan fingerprint density at radius 2 is 1.49 bits per heavy atom. The summed E-state index contributed by atoms with van der Waals surface area (Å²) in [4.78, 5) is 26.5. The minimum absolute atomic E-state index is 0.0761. The van der Waals surface area contributed by atoms with E-state index in [0.29, 0.717) is 23.7 Å². The van der Waals surface area contributed by atoms with Crippen molar-refractivity contribution in [1.29, 1.82) is 0 Å². The summed E-state index contributed by atoms with van der Waals surface area (Å²) in [5, 5.41) is 10.6. The van der Waals surface area contributed by atoms with Crippen LogP contribution >= 0.6 is 0 Å². The summed E-state index contributed by atoms with van der Waals surface area (Å²) in [5.74, 6) is -3.17. The summed E-state index contributed by atoms with van der Waals surface area (Å²) in [5.41, 5.74) is -0.145. The standard InChI is InChI=1S/C39H60F2O4/c1-22(2)23-13-18-39(32(43)44)20-19-36(8)24(30(23)39)11-12-27-35(7)16-15-29(34(5,6)26(35)14-17-37(27,36)9)45-31(42)25-21-28(33(25,3)4)38(10,40)41/h23-30H,1,11-21H2,2-10H3,(H,43,44). The topological polar surface area (TPSA) is 63.6 Å². The molecule has 1 N–H and O–H groups in total. The monoisotopic (exact) mass is 630 g/mol. The molecule has 6 heteroatoms. The Hall–Kier alpha value is -1.46. The third-order valence-corrected chi connectivity index (χ3v) is 16.9. The zero-order valence-electron chi connectivity index (χ0n) is 29.5. The van der Waals surface area contributed by atoms with Gasteiger partial charge in [0.15, 0.2) is 0 Å². The summed E-state index contributed by atoms with van der Waals surface area (Å²) in [7, 11) is 0. The Balaban J connectivity index is 1.24. The molecule has 0 aromatic rings. The first-order valence-electron chi connectivity index (χ1n) is 18.1. The van der Waals surface area contributed by atoms with Gasteiger partial charge in [0.05, 0.1) is 11.3 Å². The molecule has 6 aliphatic rings. The second-order valence-electron chi connectivity index (χ2n) is 19.1. The lowest BCUT2D eigenvalue weighted by molar-refractivity contribution is -0.253. The number of fused-ring (bicyclic) bond motifs is 7. The van der Waals surface area contributed by atoms with Crippen LogP contribution in [0, 0.1) is 73.9 Å². The van der Waals surface area contributed by atoms with Gasteiger partial charge in [-0.3, -0.25) is 9.59 Å². The largest absolute Gasteiger partial charge is 0.481 e. The van der Waals surface area contributed by atoms with Crippen molar-refractivity contribution >= 4 is 11.9 Å². The van der Waals surface area contributed by atoms with Crippen LogP contribution in [0.2, 0.25) is 0 Å². The molecule has 0 aromatic carbocycles. The molecule has 0 amide bonds. The second kappa shape index (κ2) is 10.0. The van der Waals surface area contributed by atoms with Crippen molar-refractivity contribution in [1.82, 2.24) is 0 Å². The van der Waals surface area contributed by atoms with Crippen molar-refractivity contribution in [2.45, 2.75) is 145 Å². The summed E-state index contributed by atoms with van der Waals surface area (Å²) in [6.07, 6.45) is 9.68. The molecule has 6 fully saturated rings. The molecule has 0 heterocycles. The highest BCUT2D eigenvalue weighted by Crippen LogP contribution is 2.77. The van der Waals surface area contributed by atoms with E-state index in [-0.39, 0.29) is 46.1 Å². The average Bonchev–Trinajstić information content (AvgIpc) is 3.31. The maximum absolute atomic E-state index is 14.2. The highest BCUT2D eigenvalue weighted by atomic mass is 19.3. The average molecular weight is 631 g/mol. The molecular weight excluding hydrogens is 570 g/mol. The van der Waals surface area contributed by atoms with E-state index in [0.717, 1.165) is 76.7 Å². The minimum Gasteiger partial charge on any atom is -0.481 e. The lowest BCUT2D eigenvalue weighted by Gasteiger charge is -2.72. The van der Waals surface area contributed by atoms with E-state index in [2.05, 4.69) is 48.1 Å². The number of esters is 1. The van der Waals surface area contributed by atoms with E-state index in [4.69, 9.17) is 4.74 Å². The molecule has 0 spiro atoms. The molecule has 254 valence electrons. The Morgan fingerprint density at radius 3 is 2.07 bits per heavy atom. The smallest absolute Gasteiger partial charge is 0.309 e. The van der Waals surface area contributed by atoms with Gasteiger partial charge in [-0.15, -0.1) is 0 Å². The van der Waals surface area contributed by atoms with E-state index in [1.807, 2.05) is 0 Å². The van der Waals surface area contributed by atoms with E-state index < -0.39 is 34.6 Å². The number of hydrogen-bond acceptors (Lipinski definition) is 3. The van der Waals surface area contributed by atoms with E-state index in [1.165, 1.54) is 0 Å². The molecule has 6 aliphatic carbocycles. The number of ether oxygens (including phenoxy) is 1. The van der Waals surface area contributed by atoms with Crippen LogP contribution in [0.15, 0.2) is 12.2 Å². The molecule has 45 heavy (non-hydrogen) atoms. The lowest BCUT2D eigenvalue weighted by Crippen LogP contribution is -2.67. The predicted molar refractivity (Wildman–Crippen MR) is 172 cm³/mol. The quantitative estimate of drug-likeness (QED) is 0.243. The summed E-state index contributed by atoms with van der Waals surface area (Å²) in [6, 6.07) is 0. The first-order valence-corrected chi connectivity index (χ1v) is 18.1. The van der Waals surface area contributed by atoms with Crippen LogP contribution in [-0.4, -0.2) is 29.1 Å². The first kappa shape index (κ1) is 33.4. The summed E-state index contributed by atoms with van der Waals surface area (Å²) < 4.78 is 34.7. The fourth-order valence-electron chi connectivity index (χ4n) is 14.1. The second-order valence-corrected chi connectivity index (χ2v) is 19.1. The molecular formula is C39H60F2O4. The summed E-state index contributed by atoms with van der Waals surface area (Å²) >= 11 is 0. The number of hydrogen-bond donors (Lipinski definition) is 1. The molecule has 6 saturated carbocycles. The van der Waals surface area contributed by atoms with Crippen LogP contribution in [-0.2, 0) is 14.3 Å². The Labute approximate surface area is 270 Å². The highest BCUT2D eigenvalue weighted by Gasteiger charge is 2.72. The van der Waals surface area contributed by atoms with Gasteiger partial charge >= 0.3 is 11.9 Å². The molecule has 0 saturated heterocycles. The summed E-state index contributed by atoms with van der Waals surface area (Å²) in [6.45, 7) is 23.2. The third-order valence-electron chi connectivity index (χ3n) is 16.9. The minimum atomic E-state index is -2.80. The van der Waals surface area contributed by atoms with E-state index >= 15 is 0 Å². The predicted octanol–water partition coefficient (Wildman–Crippen LogP) is 9.96. The fraction of sp³-hybridized carbons (Fsp3) is 0.897. The first-order chi connectivity index (χ1) is 20.6. The number of carboxylic acid groups (broad SMARTS) is 1. The Morgan fingerprint density at radius 1 is 0.822 bits per heavy atom. The van der Waals surface area contributed by atoms with Crippen LogP contribution in [0.5, 0.6) is 0 Å². The molecule has 0 aliphatic heterocycles. The highest BCUT2D eigenvalue weighted by molar-refractivity contribution is 5.76. The molecule has 6 rings (SSSR count). The van der Waals surface area contributed by atoms with Crippen LogP contribution < -0.4 is 0 Å². The zero-order chi connectivity index (χ0) is 33.3.